The number of aromatic nitrogens is 2. The van der Waals surface area contributed by atoms with Gasteiger partial charge in [0.15, 0.2) is 0 Å². The molecule has 0 radical (unpaired) electrons. The largest absolute Gasteiger partial charge is 0.173 e. The van der Waals surface area contributed by atoms with Crippen LogP contribution in [0.2, 0.25) is 0 Å². The monoisotopic (exact) mass is 178 g/mol. The summed E-state index contributed by atoms with van der Waals surface area (Å²) in [6, 6.07) is 6.27. The molecule has 0 saturated heterocycles. The fraction of sp³-hybridized carbons (Fsp3) is 0.333. The third-order valence-electron chi connectivity index (χ3n) is 1.94. The Balaban J connectivity index is 2.60. The van der Waals surface area contributed by atoms with Gasteiger partial charge in [-0.25, -0.2) is 0 Å². The number of fused-ring (bicyclic) bond motifs is 1. The molecule has 0 saturated carbocycles. The first-order valence-electron chi connectivity index (χ1n) is 3.99. The second kappa shape index (κ2) is 2.83. The summed E-state index contributed by atoms with van der Waals surface area (Å²) in [5, 5.41) is 0. The highest BCUT2D eigenvalue weighted by Crippen LogP contribution is 2.19. The van der Waals surface area contributed by atoms with Crippen LogP contribution in [0, 0.1) is 0 Å². The van der Waals surface area contributed by atoms with E-state index in [4.69, 9.17) is 0 Å². The van der Waals surface area contributed by atoms with Crippen molar-refractivity contribution in [3.8, 4) is 0 Å². The van der Waals surface area contributed by atoms with Gasteiger partial charge in [-0.15, -0.1) is 0 Å². The van der Waals surface area contributed by atoms with Gasteiger partial charge in [0.1, 0.15) is 11.0 Å². The second-order valence-electron chi connectivity index (χ2n) is 3.17. The van der Waals surface area contributed by atoms with Gasteiger partial charge >= 0.3 is 0 Å². The average Bonchev–Trinajstić information content (AvgIpc) is 2.49. The fourth-order valence-electron chi connectivity index (χ4n) is 1.16. The Hall–Kier alpha value is -0.960. The molecule has 12 heavy (non-hydrogen) atoms. The fourth-order valence-corrected chi connectivity index (χ4v) is 1.68. The molecule has 0 bridgehead atoms. The average molecular weight is 178 g/mol. The summed E-state index contributed by atoms with van der Waals surface area (Å²) in [6.45, 7) is 4.36. The van der Waals surface area contributed by atoms with Crippen molar-refractivity contribution in [2.24, 2.45) is 0 Å². The molecule has 1 heterocycles. The standard InChI is InChI=1S/C9H10N2S/c1-6(2)7-3-4-8-9(5-7)11-12-10-8/h3-6H,1-2H3. The van der Waals surface area contributed by atoms with Crippen LogP contribution < -0.4 is 0 Å². The highest BCUT2D eigenvalue weighted by Gasteiger charge is 2.02. The van der Waals surface area contributed by atoms with Gasteiger partial charge in [0.2, 0.25) is 0 Å². The van der Waals surface area contributed by atoms with Gasteiger partial charge < -0.3 is 0 Å². The molecule has 0 amide bonds. The van der Waals surface area contributed by atoms with Crippen molar-refractivity contribution < 1.29 is 0 Å². The molecule has 0 spiro atoms. The predicted octanol–water partition coefficient (Wildman–Crippen LogP) is 2.81. The molecule has 0 unspecified atom stereocenters. The lowest BCUT2D eigenvalue weighted by molar-refractivity contribution is 0.868. The minimum absolute atomic E-state index is 0.566. The minimum atomic E-state index is 0.566. The molecule has 2 nitrogen and oxygen atoms in total. The Morgan fingerprint density at radius 1 is 1.17 bits per heavy atom. The van der Waals surface area contributed by atoms with Crippen molar-refractivity contribution in [3.05, 3.63) is 23.8 Å². The van der Waals surface area contributed by atoms with Crippen molar-refractivity contribution in [2.45, 2.75) is 19.8 Å². The lowest BCUT2D eigenvalue weighted by Gasteiger charge is -2.02. The number of nitrogens with zero attached hydrogens (tertiary/aromatic N) is 2. The molecule has 0 fully saturated rings. The molecule has 0 aliphatic heterocycles. The summed E-state index contributed by atoms with van der Waals surface area (Å²) < 4.78 is 8.34. The highest BCUT2D eigenvalue weighted by atomic mass is 32.1. The van der Waals surface area contributed by atoms with Crippen molar-refractivity contribution in [2.75, 3.05) is 0 Å². The molecule has 0 aliphatic rings. The number of benzene rings is 1. The molecule has 0 atom stereocenters. The van der Waals surface area contributed by atoms with E-state index in [-0.39, 0.29) is 0 Å². The lowest BCUT2D eigenvalue weighted by atomic mass is 10.0. The predicted molar refractivity (Wildman–Crippen MR) is 51.5 cm³/mol. The summed E-state index contributed by atoms with van der Waals surface area (Å²) in [7, 11) is 0. The summed E-state index contributed by atoms with van der Waals surface area (Å²) in [5.74, 6) is 0.566. The Morgan fingerprint density at radius 3 is 2.67 bits per heavy atom. The van der Waals surface area contributed by atoms with Crippen LogP contribution in [-0.2, 0) is 0 Å². The molecular formula is C9H10N2S. The number of rotatable bonds is 1. The zero-order valence-corrected chi connectivity index (χ0v) is 7.93. The maximum atomic E-state index is 4.19. The van der Waals surface area contributed by atoms with E-state index in [1.54, 1.807) is 0 Å². The first-order valence-corrected chi connectivity index (χ1v) is 4.72. The van der Waals surface area contributed by atoms with E-state index < -0.39 is 0 Å². The smallest absolute Gasteiger partial charge is 0.105 e. The van der Waals surface area contributed by atoms with Gasteiger partial charge in [-0.2, -0.15) is 8.75 Å². The van der Waals surface area contributed by atoms with Crippen molar-refractivity contribution in [1.29, 1.82) is 0 Å². The van der Waals surface area contributed by atoms with Crippen LogP contribution in [0.4, 0.5) is 0 Å². The maximum Gasteiger partial charge on any atom is 0.105 e. The van der Waals surface area contributed by atoms with Gasteiger partial charge in [-0.05, 0) is 23.6 Å². The number of hydrogen-bond acceptors (Lipinski definition) is 3. The van der Waals surface area contributed by atoms with Crippen LogP contribution in [0.15, 0.2) is 18.2 Å². The van der Waals surface area contributed by atoms with E-state index in [1.807, 2.05) is 6.07 Å². The molecule has 1 aromatic heterocycles. The van der Waals surface area contributed by atoms with Crippen LogP contribution in [0.25, 0.3) is 11.0 Å². The molecule has 0 aliphatic carbocycles. The second-order valence-corrected chi connectivity index (χ2v) is 3.70. The van der Waals surface area contributed by atoms with Crippen LogP contribution in [0.5, 0.6) is 0 Å². The van der Waals surface area contributed by atoms with E-state index in [0.717, 1.165) is 11.0 Å². The Kier molecular flexibility index (Phi) is 1.81. The summed E-state index contributed by atoms with van der Waals surface area (Å²) in [6.07, 6.45) is 0. The van der Waals surface area contributed by atoms with Gasteiger partial charge in [-0.1, -0.05) is 19.9 Å². The summed E-state index contributed by atoms with van der Waals surface area (Å²) in [5.41, 5.74) is 3.35. The molecule has 0 N–H and O–H groups in total. The maximum absolute atomic E-state index is 4.19. The molecule has 1 aromatic carbocycles. The Bertz CT molecular complexity index is 392. The summed E-state index contributed by atoms with van der Waals surface area (Å²) >= 11 is 1.27. The number of hydrogen-bond donors (Lipinski definition) is 0. The van der Waals surface area contributed by atoms with E-state index in [1.165, 1.54) is 17.3 Å². The first kappa shape index (κ1) is 7.68. The van der Waals surface area contributed by atoms with Gasteiger partial charge in [-0.3, -0.25) is 0 Å². The summed E-state index contributed by atoms with van der Waals surface area (Å²) in [4.78, 5) is 0. The molecular weight excluding hydrogens is 168 g/mol. The Morgan fingerprint density at radius 2 is 1.92 bits per heavy atom. The topological polar surface area (TPSA) is 25.8 Å². The van der Waals surface area contributed by atoms with Crippen molar-refractivity contribution in [3.63, 3.8) is 0 Å². The highest BCUT2D eigenvalue weighted by molar-refractivity contribution is 7.00. The Labute approximate surface area is 75.6 Å². The van der Waals surface area contributed by atoms with Gasteiger partial charge in [0.05, 0.1) is 11.7 Å². The third kappa shape index (κ3) is 1.20. The lowest BCUT2D eigenvalue weighted by Crippen LogP contribution is -1.85. The molecule has 2 aromatic rings. The van der Waals surface area contributed by atoms with Crippen LogP contribution in [-0.4, -0.2) is 8.75 Å². The molecule has 2 rings (SSSR count). The van der Waals surface area contributed by atoms with Crippen molar-refractivity contribution in [1.82, 2.24) is 8.75 Å². The SMILES string of the molecule is CC(C)c1ccc2nsnc2c1. The molecule has 3 heteroatoms. The van der Waals surface area contributed by atoms with E-state index in [2.05, 4.69) is 34.7 Å². The normalized spacial score (nSPS) is 11.2. The minimum Gasteiger partial charge on any atom is -0.173 e. The quantitative estimate of drug-likeness (QED) is 0.671. The first-order chi connectivity index (χ1) is 5.77. The zero-order valence-electron chi connectivity index (χ0n) is 7.11. The van der Waals surface area contributed by atoms with E-state index >= 15 is 0 Å². The van der Waals surface area contributed by atoms with Gasteiger partial charge in [0.25, 0.3) is 0 Å². The van der Waals surface area contributed by atoms with E-state index in [0.29, 0.717) is 5.92 Å². The molecule has 62 valence electrons. The zero-order chi connectivity index (χ0) is 8.55. The van der Waals surface area contributed by atoms with Crippen LogP contribution >= 0.6 is 11.7 Å². The van der Waals surface area contributed by atoms with E-state index in [9.17, 15) is 0 Å². The van der Waals surface area contributed by atoms with Gasteiger partial charge in [0, 0.05) is 0 Å². The van der Waals surface area contributed by atoms with Crippen molar-refractivity contribution >= 4 is 22.8 Å². The van der Waals surface area contributed by atoms with Crippen LogP contribution in [0.1, 0.15) is 25.3 Å². The third-order valence-corrected chi connectivity index (χ3v) is 2.50. The van der Waals surface area contributed by atoms with Crippen LogP contribution in [0.3, 0.4) is 0 Å².